The van der Waals surface area contributed by atoms with Gasteiger partial charge in [0.15, 0.2) is 0 Å². The molecule has 0 aromatic rings. The Hall–Kier alpha value is -0.0400. The second kappa shape index (κ2) is 2.70. The highest BCUT2D eigenvalue weighted by Gasteiger charge is 2.21. The van der Waals surface area contributed by atoms with Crippen LogP contribution in [0.1, 0.15) is 33.6 Å². The number of nitrogens with zero attached hydrogens (tertiary/aromatic N) is 1. The smallest absolute Gasteiger partial charge is 0.00701 e. The summed E-state index contributed by atoms with van der Waals surface area (Å²) in [7, 11) is 0. The van der Waals surface area contributed by atoms with Gasteiger partial charge in [0.2, 0.25) is 0 Å². The minimum Gasteiger partial charge on any atom is -0.298 e. The average Bonchev–Trinajstić information content (AvgIpc) is 2.13. The van der Waals surface area contributed by atoms with Crippen LogP contribution in [0.5, 0.6) is 0 Å². The van der Waals surface area contributed by atoms with Crippen LogP contribution in [0.3, 0.4) is 0 Å². The van der Waals surface area contributed by atoms with E-state index in [-0.39, 0.29) is 0 Å². The van der Waals surface area contributed by atoms with Crippen LogP contribution in [-0.2, 0) is 0 Å². The van der Waals surface area contributed by atoms with E-state index in [1.165, 1.54) is 19.4 Å². The van der Waals surface area contributed by atoms with E-state index >= 15 is 0 Å². The van der Waals surface area contributed by atoms with E-state index in [1.54, 1.807) is 0 Å². The number of hydrogen-bond donors (Lipinski definition) is 0. The zero-order valence-electron chi connectivity index (χ0n) is 6.72. The van der Waals surface area contributed by atoms with Crippen molar-refractivity contribution in [2.24, 2.45) is 0 Å². The molecule has 0 saturated carbocycles. The Kier molecular flexibility index (Phi) is 2.12. The van der Waals surface area contributed by atoms with Gasteiger partial charge in [0.05, 0.1) is 0 Å². The summed E-state index contributed by atoms with van der Waals surface area (Å²) >= 11 is 0. The lowest BCUT2D eigenvalue weighted by Crippen LogP contribution is -2.33. The van der Waals surface area contributed by atoms with Crippen LogP contribution in [0.25, 0.3) is 0 Å². The fourth-order valence-electron chi connectivity index (χ4n) is 1.72. The fraction of sp³-hybridized carbons (Fsp3) is 1.00. The van der Waals surface area contributed by atoms with Gasteiger partial charge in [-0.15, -0.1) is 0 Å². The lowest BCUT2D eigenvalue weighted by Gasteiger charge is -2.24. The molecule has 1 unspecified atom stereocenters. The first-order valence-corrected chi connectivity index (χ1v) is 3.97. The lowest BCUT2D eigenvalue weighted by atomic mass is 10.2. The summed E-state index contributed by atoms with van der Waals surface area (Å²) in [5.74, 6) is 0. The van der Waals surface area contributed by atoms with Crippen molar-refractivity contribution in [2.75, 3.05) is 6.54 Å². The normalized spacial score (nSPS) is 30.0. The zero-order valence-corrected chi connectivity index (χ0v) is 6.72. The van der Waals surface area contributed by atoms with Crippen molar-refractivity contribution in [3.8, 4) is 0 Å². The highest BCUT2D eigenvalue weighted by atomic mass is 15.2. The predicted molar refractivity (Wildman–Crippen MR) is 40.5 cm³/mol. The molecule has 1 saturated heterocycles. The van der Waals surface area contributed by atoms with Gasteiger partial charge in [-0.25, -0.2) is 0 Å². The van der Waals surface area contributed by atoms with Crippen LogP contribution in [-0.4, -0.2) is 23.5 Å². The topological polar surface area (TPSA) is 3.24 Å². The third kappa shape index (κ3) is 1.45. The summed E-state index contributed by atoms with van der Waals surface area (Å²) < 4.78 is 0. The molecule has 1 aliphatic rings. The zero-order chi connectivity index (χ0) is 6.85. The van der Waals surface area contributed by atoms with Gasteiger partial charge in [-0.2, -0.15) is 0 Å². The van der Waals surface area contributed by atoms with Crippen molar-refractivity contribution in [3.05, 3.63) is 0 Å². The Bertz CT molecular complexity index is 88.6. The summed E-state index contributed by atoms with van der Waals surface area (Å²) in [5, 5.41) is 0. The maximum Gasteiger partial charge on any atom is 0.00701 e. The maximum atomic E-state index is 2.57. The lowest BCUT2D eigenvalue weighted by molar-refractivity contribution is 0.216. The van der Waals surface area contributed by atoms with Crippen molar-refractivity contribution in [1.29, 1.82) is 0 Å². The van der Waals surface area contributed by atoms with Crippen LogP contribution in [0.2, 0.25) is 0 Å². The molecule has 0 radical (unpaired) electrons. The average molecular weight is 127 g/mol. The van der Waals surface area contributed by atoms with E-state index in [1.807, 2.05) is 0 Å². The van der Waals surface area contributed by atoms with Crippen molar-refractivity contribution >= 4 is 0 Å². The first-order valence-electron chi connectivity index (χ1n) is 3.97. The van der Waals surface area contributed by atoms with Gasteiger partial charge in [-0.05, 0) is 40.2 Å². The van der Waals surface area contributed by atoms with Crippen LogP contribution in [0.4, 0.5) is 0 Å². The van der Waals surface area contributed by atoms with E-state index in [9.17, 15) is 0 Å². The molecule has 1 rings (SSSR count). The quantitative estimate of drug-likeness (QED) is 0.520. The van der Waals surface area contributed by atoms with Crippen LogP contribution in [0, 0.1) is 0 Å². The van der Waals surface area contributed by atoms with E-state index in [0.717, 1.165) is 12.1 Å². The standard InChI is InChI=1S/C8H17N/c1-7(2)9-6-4-5-8(9)3/h7-8H,4-6H2,1-3H3. The molecule has 0 amide bonds. The Balaban J connectivity index is 2.40. The van der Waals surface area contributed by atoms with Crippen LogP contribution >= 0.6 is 0 Å². The summed E-state index contributed by atoms with van der Waals surface area (Å²) in [5.41, 5.74) is 0. The number of likely N-dealkylation sites (tertiary alicyclic amines) is 1. The Morgan fingerprint density at radius 2 is 2.11 bits per heavy atom. The Labute approximate surface area is 58.0 Å². The van der Waals surface area contributed by atoms with Crippen LogP contribution < -0.4 is 0 Å². The highest BCUT2D eigenvalue weighted by molar-refractivity contribution is 4.77. The van der Waals surface area contributed by atoms with Crippen LogP contribution in [0.15, 0.2) is 0 Å². The SMILES string of the molecule is CC(C)N1CCCC1C. The second-order valence-corrected chi connectivity index (χ2v) is 3.32. The predicted octanol–water partition coefficient (Wildman–Crippen LogP) is 1.88. The number of rotatable bonds is 1. The molecule has 1 heteroatoms. The number of hydrogen-bond acceptors (Lipinski definition) is 1. The molecule has 0 aromatic carbocycles. The van der Waals surface area contributed by atoms with Crippen molar-refractivity contribution in [1.82, 2.24) is 4.90 Å². The summed E-state index contributed by atoms with van der Waals surface area (Å²) in [6.45, 7) is 8.20. The van der Waals surface area contributed by atoms with E-state index < -0.39 is 0 Å². The molecule has 1 atom stereocenters. The van der Waals surface area contributed by atoms with Crippen molar-refractivity contribution in [3.63, 3.8) is 0 Å². The van der Waals surface area contributed by atoms with Crippen molar-refractivity contribution < 1.29 is 0 Å². The molecule has 1 fully saturated rings. The largest absolute Gasteiger partial charge is 0.298 e. The molecule has 54 valence electrons. The molecule has 0 bridgehead atoms. The molecule has 1 heterocycles. The van der Waals surface area contributed by atoms with Gasteiger partial charge in [0.25, 0.3) is 0 Å². The van der Waals surface area contributed by atoms with Crippen molar-refractivity contribution in [2.45, 2.75) is 45.7 Å². The minimum absolute atomic E-state index is 0.752. The summed E-state index contributed by atoms with van der Waals surface area (Å²) in [6.07, 6.45) is 2.80. The third-order valence-electron chi connectivity index (χ3n) is 2.27. The van der Waals surface area contributed by atoms with E-state index in [4.69, 9.17) is 0 Å². The summed E-state index contributed by atoms with van der Waals surface area (Å²) in [4.78, 5) is 2.57. The Morgan fingerprint density at radius 3 is 2.33 bits per heavy atom. The molecular formula is C8H17N. The first-order chi connectivity index (χ1) is 4.22. The first kappa shape index (κ1) is 7.07. The maximum absolute atomic E-state index is 2.57. The summed E-state index contributed by atoms with van der Waals surface area (Å²) in [6, 6.07) is 1.59. The fourth-order valence-corrected chi connectivity index (χ4v) is 1.72. The molecule has 0 aliphatic carbocycles. The molecular weight excluding hydrogens is 110 g/mol. The van der Waals surface area contributed by atoms with Gasteiger partial charge < -0.3 is 0 Å². The van der Waals surface area contributed by atoms with Gasteiger partial charge in [0.1, 0.15) is 0 Å². The molecule has 0 spiro atoms. The van der Waals surface area contributed by atoms with Gasteiger partial charge in [0, 0.05) is 12.1 Å². The third-order valence-corrected chi connectivity index (χ3v) is 2.27. The van der Waals surface area contributed by atoms with Gasteiger partial charge >= 0.3 is 0 Å². The molecule has 0 aromatic heterocycles. The van der Waals surface area contributed by atoms with Gasteiger partial charge in [-0.1, -0.05) is 0 Å². The monoisotopic (exact) mass is 127 g/mol. The second-order valence-electron chi connectivity index (χ2n) is 3.32. The highest BCUT2D eigenvalue weighted by Crippen LogP contribution is 2.18. The molecule has 1 aliphatic heterocycles. The van der Waals surface area contributed by atoms with Gasteiger partial charge in [-0.3, -0.25) is 4.90 Å². The van der Waals surface area contributed by atoms with E-state index in [2.05, 4.69) is 25.7 Å². The molecule has 9 heavy (non-hydrogen) atoms. The van der Waals surface area contributed by atoms with E-state index in [0.29, 0.717) is 0 Å². The Morgan fingerprint density at radius 1 is 1.44 bits per heavy atom. The molecule has 1 nitrogen and oxygen atoms in total. The molecule has 0 N–H and O–H groups in total. The minimum atomic E-state index is 0.752.